The highest BCUT2D eigenvalue weighted by Crippen LogP contribution is 2.27. The van der Waals surface area contributed by atoms with E-state index in [1.807, 2.05) is 30.3 Å². The maximum absolute atomic E-state index is 12.1. The van der Waals surface area contributed by atoms with Crippen LogP contribution in [0.2, 0.25) is 0 Å². The fourth-order valence-corrected chi connectivity index (χ4v) is 3.20. The molecule has 7 heteroatoms. The second-order valence-electron chi connectivity index (χ2n) is 5.52. The number of benzene rings is 1. The SMILES string of the molecule is CC(=O)SCC1CC(=O)N(c2nnc(Cc3ccccc3)o2)C1. The molecule has 0 N–H and O–H groups in total. The number of hydrogen-bond acceptors (Lipinski definition) is 6. The van der Waals surface area contributed by atoms with E-state index in [2.05, 4.69) is 10.2 Å². The van der Waals surface area contributed by atoms with Crippen LogP contribution in [-0.4, -0.2) is 33.5 Å². The molecule has 1 saturated heterocycles. The summed E-state index contributed by atoms with van der Waals surface area (Å²) in [5.41, 5.74) is 1.08. The van der Waals surface area contributed by atoms with Crippen molar-refractivity contribution < 1.29 is 14.0 Å². The van der Waals surface area contributed by atoms with Crippen molar-refractivity contribution in [3.05, 3.63) is 41.8 Å². The predicted molar refractivity (Wildman–Crippen MR) is 87.1 cm³/mol. The molecule has 1 aromatic heterocycles. The molecule has 1 aromatic carbocycles. The standard InChI is InChI=1S/C16H17N3O3S/c1-11(20)23-10-13-8-15(21)19(9-13)16-18-17-14(22-16)7-12-5-3-2-4-6-12/h2-6,13H,7-10H2,1H3. The first kappa shape index (κ1) is 15.7. The normalized spacial score (nSPS) is 17.7. The van der Waals surface area contributed by atoms with Crippen LogP contribution in [0.4, 0.5) is 6.01 Å². The lowest BCUT2D eigenvalue weighted by Gasteiger charge is -2.10. The number of hydrogen-bond donors (Lipinski definition) is 0. The Kier molecular flexibility index (Phi) is 4.76. The van der Waals surface area contributed by atoms with E-state index in [9.17, 15) is 9.59 Å². The van der Waals surface area contributed by atoms with E-state index < -0.39 is 0 Å². The van der Waals surface area contributed by atoms with E-state index in [1.165, 1.54) is 23.6 Å². The second-order valence-corrected chi connectivity index (χ2v) is 6.71. The number of nitrogens with zero attached hydrogens (tertiary/aromatic N) is 3. The summed E-state index contributed by atoms with van der Waals surface area (Å²) >= 11 is 1.25. The van der Waals surface area contributed by atoms with Gasteiger partial charge in [0.15, 0.2) is 5.12 Å². The summed E-state index contributed by atoms with van der Waals surface area (Å²) in [7, 11) is 0. The van der Waals surface area contributed by atoms with Gasteiger partial charge >= 0.3 is 6.01 Å². The fourth-order valence-electron chi connectivity index (χ4n) is 2.51. The molecular formula is C16H17N3O3S. The summed E-state index contributed by atoms with van der Waals surface area (Å²) in [6.45, 7) is 2.05. The van der Waals surface area contributed by atoms with E-state index in [0.717, 1.165) is 5.56 Å². The summed E-state index contributed by atoms with van der Waals surface area (Å²) in [5.74, 6) is 1.23. The lowest BCUT2D eigenvalue weighted by molar-refractivity contribution is -0.117. The molecule has 6 nitrogen and oxygen atoms in total. The minimum Gasteiger partial charge on any atom is -0.407 e. The Hall–Kier alpha value is -2.15. The Morgan fingerprint density at radius 1 is 1.35 bits per heavy atom. The third-order valence-corrected chi connectivity index (χ3v) is 4.66. The van der Waals surface area contributed by atoms with Crippen molar-refractivity contribution in [3.63, 3.8) is 0 Å². The lowest BCUT2D eigenvalue weighted by Crippen LogP contribution is -2.25. The quantitative estimate of drug-likeness (QED) is 0.837. The first-order valence-corrected chi connectivity index (χ1v) is 8.40. The van der Waals surface area contributed by atoms with Crippen LogP contribution < -0.4 is 4.90 Å². The van der Waals surface area contributed by atoms with Crippen LogP contribution in [0.3, 0.4) is 0 Å². The molecule has 0 spiro atoms. The highest BCUT2D eigenvalue weighted by atomic mass is 32.2. The van der Waals surface area contributed by atoms with Gasteiger partial charge in [-0.2, -0.15) is 0 Å². The van der Waals surface area contributed by atoms with Gasteiger partial charge in [-0.25, -0.2) is 0 Å². The van der Waals surface area contributed by atoms with Gasteiger partial charge in [-0.15, -0.1) is 5.10 Å². The van der Waals surface area contributed by atoms with Gasteiger partial charge < -0.3 is 4.42 Å². The fraction of sp³-hybridized carbons (Fsp3) is 0.375. The van der Waals surface area contributed by atoms with Crippen LogP contribution in [0, 0.1) is 5.92 Å². The van der Waals surface area contributed by atoms with Crippen molar-refractivity contribution in [3.8, 4) is 0 Å². The van der Waals surface area contributed by atoms with E-state index in [1.54, 1.807) is 0 Å². The maximum Gasteiger partial charge on any atom is 0.325 e. The molecule has 1 amide bonds. The zero-order valence-corrected chi connectivity index (χ0v) is 13.6. The molecule has 1 atom stereocenters. The van der Waals surface area contributed by atoms with E-state index in [-0.39, 0.29) is 23.0 Å². The molecule has 1 unspecified atom stereocenters. The molecular weight excluding hydrogens is 314 g/mol. The average Bonchev–Trinajstić information content (AvgIpc) is 3.12. The predicted octanol–water partition coefficient (Wildman–Crippen LogP) is 2.29. The van der Waals surface area contributed by atoms with Crippen LogP contribution in [-0.2, 0) is 16.0 Å². The first-order chi connectivity index (χ1) is 11.1. The minimum atomic E-state index is -0.0333. The maximum atomic E-state index is 12.1. The number of amides is 1. The van der Waals surface area contributed by atoms with Crippen molar-refractivity contribution in [2.45, 2.75) is 19.8 Å². The van der Waals surface area contributed by atoms with Crippen molar-refractivity contribution in [2.24, 2.45) is 5.92 Å². The molecule has 23 heavy (non-hydrogen) atoms. The van der Waals surface area contributed by atoms with E-state index in [4.69, 9.17) is 4.42 Å². The smallest absolute Gasteiger partial charge is 0.325 e. The molecule has 0 radical (unpaired) electrons. The Bertz CT molecular complexity index is 702. The van der Waals surface area contributed by atoms with Crippen molar-refractivity contribution in [2.75, 3.05) is 17.2 Å². The topological polar surface area (TPSA) is 76.3 Å². The summed E-state index contributed by atoms with van der Waals surface area (Å²) in [5, 5.41) is 8.08. The van der Waals surface area contributed by atoms with Gasteiger partial charge in [-0.05, 0) is 11.5 Å². The number of thioether (sulfide) groups is 1. The molecule has 2 heterocycles. The first-order valence-electron chi connectivity index (χ1n) is 7.42. The molecule has 120 valence electrons. The zero-order chi connectivity index (χ0) is 16.2. The molecule has 1 aliphatic heterocycles. The highest BCUT2D eigenvalue weighted by molar-refractivity contribution is 8.13. The number of carbonyl (C=O) groups is 2. The molecule has 1 aliphatic rings. The minimum absolute atomic E-state index is 0.0333. The Morgan fingerprint density at radius 3 is 2.87 bits per heavy atom. The van der Waals surface area contributed by atoms with Crippen LogP contribution in [0.5, 0.6) is 0 Å². The average molecular weight is 331 g/mol. The van der Waals surface area contributed by atoms with Crippen LogP contribution in [0.15, 0.2) is 34.7 Å². The number of carbonyl (C=O) groups excluding carboxylic acids is 2. The van der Waals surface area contributed by atoms with Crippen molar-refractivity contribution >= 4 is 28.8 Å². The lowest BCUT2D eigenvalue weighted by atomic mass is 10.1. The van der Waals surface area contributed by atoms with Crippen LogP contribution in [0.1, 0.15) is 24.8 Å². The molecule has 2 aromatic rings. The third-order valence-electron chi connectivity index (χ3n) is 3.61. The molecule has 1 fully saturated rings. The molecule has 0 aliphatic carbocycles. The van der Waals surface area contributed by atoms with Gasteiger partial charge in [-0.1, -0.05) is 47.2 Å². The summed E-state index contributed by atoms with van der Waals surface area (Å²) in [6.07, 6.45) is 0.955. The van der Waals surface area contributed by atoms with Gasteiger partial charge in [0.05, 0.1) is 6.42 Å². The second kappa shape index (κ2) is 6.95. The summed E-state index contributed by atoms with van der Waals surface area (Å²) in [4.78, 5) is 24.7. The number of rotatable bonds is 5. The highest BCUT2D eigenvalue weighted by Gasteiger charge is 2.33. The van der Waals surface area contributed by atoms with E-state index >= 15 is 0 Å². The number of anilines is 1. The largest absolute Gasteiger partial charge is 0.407 e. The Morgan fingerprint density at radius 2 is 2.13 bits per heavy atom. The summed E-state index contributed by atoms with van der Waals surface area (Å²) in [6, 6.07) is 10.1. The van der Waals surface area contributed by atoms with Gasteiger partial charge in [0.25, 0.3) is 0 Å². The van der Waals surface area contributed by atoms with Crippen molar-refractivity contribution in [1.29, 1.82) is 0 Å². The number of aromatic nitrogens is 2. The van der Waals surface area contributed by atoms with Crippen LogP contribution >= 0.6 is 11.8 Å². The van der Waals surface area contributed by atoms with Crippen LogP contribution in [0.25, 0.3) is 0 Å². The molecule has 0 bridgehead atoms. The summed E-state index contributed by atoms with van der Waals surface area (Å²) < 4.78 is 5.62. The Balaban J connectivity index is 1.63. The van der Waals surface area contributed by atoms with Gasteiger partial charge in [0.2, 0.25) is 11.8 Å². The van der Waals surface area contributed by atoms with Gasteiger partial charge in [-0.3, -0.25) is 14.5 Å². The van der Waals surface area contributed by atoms with E-state index in [0.29, 0.717) is 31.0 Å². The van der Waals surface area contributed by atoms with Gasteiger partial charge in [0.1, 0.15) is 0 Å². The zero-order valence-electron chi connectivity index (χ0n) is 12.8. The molecule has 0 saturated carbocycles. The molecule has 3 rings (SSSR count). The van der Waals surface area contributed by atoms with Gasteiger partial charge in [0, 0.05) is 25.6 Å². The monoisotopic (exact) mass is 331 g/mol. The Labute approximate surface area is 138 Å². The van der Waals surface area contributed by atoms with Crippen molar-refractivity contribution in [1.82, 2.24) is 10.2 Å². The third kappa shape index (κ3) is 3.98.